The molecule has 3 heterocycles. The fourth-order valence-electron chi connectivity index (χ4n) is 2.65. The Kier molecular flexibility index (Phi) is 4.08. The topological polar surface area (TPSA) is 87.7 Å². The lowest BCUT2D eigenvalue weighted by molar-refractivity contribution is 0.0875. The van der Waals surface area contributed by atoms with E-state index in [2.05, 4.69) is 15.5 Å². The number of urea groups is 2. The van der Waals surface area contributed by atoms with Gasteiger partial charge < -0.3 is 15.0 Å². The molecule has 1 atom stereocenters. The van der Waals surface area contributed by atoms with E-state index in [0.717, 1.165) is 18.5 Å². The van der Waals surface area contributed by atoms with Crippen molar-refractivity contribution < 1.29 is 14.3 Å². The Morgan fingerprint density at radius 2 is 2.23 bits per heavy atom. The van der Waals surface area contributed by atoms with Crippen LogP contribution in [0.5, 0.6) is 5.88 Å². The number of carbonyl (C=O) groups is 2. The number of likely N-dealkylation sites (tertiary alicyclic amines) is 1. The molecule has 0 aliphatic carbocycles. The van der Waals surface area contributed by atoms with E-state index in [1.165, 1.54) is 4.90 Å². The van der Waals surface area contributed by atoms with Gasteiger partial charge in [0.1, 0.15) is 6.10 Å². The van der Waals surface area contributed by atoms with Crippen LogP contribution in [0.4, 0.5) is 9.59 Å². The lowest BCUT2D eigenvalue weighted by Crippen LogP contribution is -2.50. The summed E-state index contributed by atoms with van der Waals surface area (Å²) in [6, 6.07) is 3.04. The molecule has 0 aromatic carbocycles. The Labute approximate surface area is 128 Å². The highest BCUT2D eigenvalue weighted by Crippen LogP contribution is 2.18. The molecule has 118 valence electrons. The van der Waals surface area contributed by atoms with Gasteiger partial charge in [0.25, 0.3) is 0 Å². The van der Waals surface area contributed by atoms with Crippen LogP contribution in [-0.4, -0.2) is 64.3 Å². The monoisotopic (exact) mass is 305 g/mol. The van der Waals surface area contributed by atoms with Gasteiger partial charge in [-0.2, -0.15) is 5.10 Å². The first-order chi connectivity index (χ1) is 10.6. The van der Waals surface area contributed by atoms with Gasteiger partial charge in [-0.3, -0.25) is 0 Å². The number of piperidine rings is 1. The molecule has 8 heteroatoms. The summed E-state index contributed by atoms with van der Waals surface area (Å²) in [4.78, 5) is 26.9. The number of ether oxygens (including phenoxy) is 1. The van der Waals surface area contributed by atoms with E-state index in [9.17, 15) is 9.59 Å². The molecule has 4 amide bonds. The first kappa shape index (κ1) is 14.6. The summed E-state index contributed by atoms with van der Waals surface area (Å²) in [7, 11) is 0. The minimum atomic E-state index is -0.322. The van der Waals surface area contributed by atoms with Gasteiger partial charge in [0, 0.05) is 25.7 Å². The summed E-state index contributed by atoms with van der Waals surface area (Å²) in [6.45, 7) is 3.89. The molecule has 2 aliphatic heterocycles. The third-order valence-electron chi connectivity index (χ3n) is 3.80. The quantitative estimate of drug-likeness (QED) is 0.872. The predicted octanol–water partition coefficient (Wildman–Crippen LogP) is 0.773. The Morgan fingerprint density at radius 3 is 2.91 bits per heavy atom. The molecular formula is C14H19N5O3. The number of amides is 4. The maximum Gasteiger partial charge on any atom is 0.328 e. The molecular weight excluding hydrogens is 286 g/mol. The van der Waals surface area contributed by atoms with Crippen LogP contribution in [0.1, 0.15) is 18.5 Å². The maximum atomic E-state index is 12.4. The molecule has 2 saturated heterocycles. The number of carbonyl (C=O) groups excluding carboxylic acids is 2. The number of hydrogen-bond acceptors (Lipinski definition) is 5. The van der Waals surface area contributed by atoms with Gasteiger partial charge in [0.2, 0.25) is 5.88 Å². The third kappa shape index (κ3) is 3.10. The van der Waals surface area contributed by atoms with Gasteiger partial charge in [-0.15, -0.1) is 5.10 Å². The van der Waals surface area contributed by atoms with Crippen molar-refractivity contribution in [1.29, 1.82) is 0 Å². The molecule has 2 aliphatic rings. The normalized spacial score (nSPS) is 21.7. The van der Waals surface area contributed by atoms with Crippen molar-refractivity contribution >= 4 is 12.1 Å². The second kappa shape index (κ2) is 6.17. The summed E-state index contributed by atoms with van der Waals surface area (Å²) in [5.41, 5.74) is 0.827. The average molecular weight is 305 g/mol. The van der Waals surface area contributed by atoms with Crippen molar-refractivity contribution in [2.75, 3.05) is 26.2 Å². The van der Waals surface area contributed by atoms with E-state index in [-0.39, 0.29) is 18.2 Å². The lowest BCUT2D eigenvalue weighted by atomic mass is 10.1. The zero-order chi connectivity index (χ0) is 15.5. The Bertz CT molecular complexity index is 562. The minimum Gasteiger partial charge on any atom is -0.471 e. The summed E-state index contributed by atoms with van der Waals surface area (Å²) in [5.74, 6) is 0.462. The summed E-state index contributed by atoms with van der Waals surface area (Å²) in [5, 5.41) is 10.6. The van der Waals surface area contributed by atoms with Crippen molar-refractivity contribution in [1.82, 2.24) is 25.3 Å². The van der Waals surface area contributed by atoms with Crippen LogP contribution in [0.3, 0.4) is 0 Å². The molecule has 1 N–H and O–H groups in total. The molecule has 0 bridgehead atoms. The third-order valence-corrected chi connectivity index (χ3v) is 3.80. The van der Waals surface area contributed by atoms with Crippen LogP contribution in [0.2, 0.25) is 0 Å². The molecule has 8 nitrogen and oxygen atoms in total. The summed E-state index contributed by atoms with van der Waals surface area (Å²) >= 11 is 0. The highest BCUT2D eigenvalue weighted by atomic mass is 16.5. The fourth-order valence-corrected chi connectivity index (χ4v) is 2.65. The van der Waals surface area contributed by atoms with Crippen LogP contribution in [0.15, 0.2) is 12.1 Å². The highest BCUT2D eigenvalue weighted by Gasteiger charge is 2.33. The van der Waals surface area contributed by atoms with Crippen molar-refractivity contribution in [3.05, 3.63) is 17.8 Å². The van der Waals surface area contributed by atoms with E-state index in [1.54, 1.807) is 11.0 Å². The van der Waals surface area contributed by atoms with Crippen molar-refractivity contribution in [3.63, 3.8) is 0 Å². The number of aromatic nitrogens is 2. The second-order valence-corrected chi connectivity index (χ2v) is 5.51. The van der Waals surface area contributed by atoms with E-state index >= 15 is 0 Å². The zero-order valence-corrected chi connectivity index (χ0v) is 12.5. The maximum absolute atomic E-state index is 12.4. The van der Waals surface area contributed by atoms with Crippen molar-refractivity contribution in [3.8, 4) is 5.88 Å². The van der Waals surface area contributed by atoms with Gasteiger partial charge in [-0.1, -0.05) is 0 Å². The number of imide groups is 1. The van der Waals surface area contributed by atoms with Gasteiger partial charge in [0.15, 0.2) is 0 Å². The number of nitrogens with zero attached hydrogens (tertiary/aromatic N) is 4. The van der Waals surface area contributed by atoms with Crippen LogP contribution in [0.25, 0.3) is 0 Å². The van der Waals surface area contributed by atoms with Crippen LogP contribution in [-0.2, 0) is 0 Å². The average Bonchev–Trinajstić information content (AvgIpc) is 2.95. The molecule has 1 aromatic heterocycles. The first-order valence-corrected chi connectivity index (χ1v) is 7.45. The van der Waals surface area contributed by atoms with Gasteiger partial charge in [-0.25, -0.2) is 14.5 Å². The molecule has 0 saturated carbocycles. The number of rotatable bonds is 2. The molecule has 0 spiro atoms. The van der Waals surface area contributed by atoms with Gasteiger partial charge in [0.05, 0.1) is 12.2 Å². The van der Waals surface area contributed by atoms with E-state index in [0.29, 0.717) is 32.1 Å². The van der Waals surface area contributed by atoms with Crippen molar-refractivity contribution in [2.24, 2.45) is 0 Å². The Morgan fingerprint density at radius 1 is 1.36 bits per heavy atom. The molecule has 0 unspecified atom stereocenters. The molecule has 2 fully saturated rings. The number of nitrogens with one attached hydrogen (secondary N) is 1. The zero-order valence-electron chi connectivity index (χ0n) is 12.5. The van der Waals surface area contributed by atoms with Crippen LogP contribution >= 0.6 is 0 Å². The van der Waals surface area contributed by atoms with E-state index in [1.807, 2.05) is 13.0 Å². The molecule has 22 heavy (non-hydrogen) atoms. The second-order valence-electron chi connectivity index (χ2n) is 5.51. The minimum absolute atomic E-state index is 0.125. The van der Waals surface area contributed by atoms with Gasteiger partial charge >= 0.3 is 12.1 Å². The lowest BCUT2D eigenvalue weighted by Gasteiger charge is -2.34. The van der Waals surface area contributed by atoms with E-state index < -0.39 is 0 Å². The fraction of sp³-hybridized carbons (Fsp3) is 0.571. The SMILES string of the molecule is Cc1ccc(O[C@@H]2CCCN(C(=O)N3CCNC3=O)C2)nn1. The van der Waals surface area contributed by atoms with Crippen molar-refractivity contribution in [2.45, 2.75) is 25.9 Å². The number of aryl methyl sites for hydroxylation is 1. The van der Waals surface area contributed by atoms with Crippen LogP contribution < -0.4 is 10.1 Å². The number of hydrogen-bond donors (Lipinski definition) is 1. The predicted molar refractivity (Wildman–Crippen MR) is 77.5 cm³/mol. The summed E-state index contributed by atoms with van der Waals surface area (Å²) < 4.78 is 5.79. The first-order valence-electron chi connectivity index (χ1n) is 7.45. The van der Waals surface area contributed by atoms with Crippen LogP contribution in [0, 0.1) is 6.92 Å². The Hall–Kier alpha value is -2.38. The molecule has 3 rings (SSSR count). The summed E-state index contributed by atoms with van der Waals surface area (Å²) in [6.07, 6.45) is 1.57. The smallest absolute Gasteiger partial charge is 0.328 e. The highest BCUT2D eigenvalue weighted by molar-refractivity contribution is 5.95. The Balaban J connectivity index is 1.60. The van der Waals surface area contributed by atoms with Gasteiger partial charge in [-0.05, 0) is 25.8 Å². The molecule has 0 radical (unpaired) electrons. The van der Waals surface area contributed by atoms with E-state index in [4.69, 9.17) is 4.74 Å². The standard InChI is InChI=1S/C14H19N5O3/c1-10-4-5-12(17-16-10)22-11-3-2-7-18(9-11)14(21)19-8-6-15-13(19)20/h4-5,11H,2-3,6-9H2,1H3,(H,15,20)/t11-/m1/s1. The molecule has 1 aromatic rings. The largest absolute Gasteiger partial charge is 0.471 e.